The SMILES string of the molecule is CCCCCCCSCCCS(=O)(=O)Nc1cccc(C)c1. The number of thioether (sulfide) groups is 1. The molecule has 126 valence electrons. The maximum atomic E-state index is 12.0. The smallest absolute Gasteiger partial charge is 0.232 e. The molecule has 0 aliphatic heterocycles. The lowest BCUT2D eigenvalue weighted by Gasteiger charge is -2.08. The molecule has 0 spiro atoms. The summed E-state index contributed by atoms with van der Waals surface area (Å²) in [6.07, 6.45) is 7.19. The van der Waals surface area contributed by atoms with E-state index in [2.05, 4.69) is 11.6 Å². The van der Waals surface area contributed by atoms with Gasteiger partial charge in [0.1, 0.15) is 0 Å². The molecule has 5 heteroatoms. The van der Waals surface area contributed by atoms with Crippen molar-refractivity contribution in [1.29, 1.82) is 0 Å². The first-order chi connectivity index (χ1) is 10.5. The Balaban J connectivity index is 2.13. The van der Waals surface area contributed by atoms with Gasteiger partial charge in [-0.25, -0.2) is 8.42 Å². The molecule has 1 rings (SSSR count). The minimum absolute atomic E-state index is 0.198. The van der Waals surface area contributed by atoms with Gasteiger partial charge < -0.3 is 0 Å². The molecule has 22 heavy (non-hydrogen) atoms. The summed E-state index contributed by atoms with van der Waals surface area (Å²) in [5, 5.41) is 0. The molecule has 0 saturated carbocycles. The maximum absolute atomic E-state index is 12.0. The van der Waals surface area contributed by atoms with Crippen LogP contribution in [-0.2, 0) is 10.0 Å². The van der Waals surface area contributed by atoms with Crippen LogP contribution in [0.3, 0.4) is 0 Å². The highest BCUT2D eigenvalue weighted by Gasteiger charge is 2.09. The second-order valence-corrected chi connectivity index (χ2v) is 8.74. The topological polar surface area (TPSA) is 46.2 Å². The van der Waals surface area contributed by atoms with Gasteiger partial charge in [-0.1, -0.05) is 44.7 Å². The number of aryl methyl sites for hydroxylation is 1. The third kappa shape index (κ3) is 9.36. The van der Waals surface area contributed by atoms with E-state index in [9.17, 15) is 8.42 Å². The fourth-order valence-electron chi connectivity index (χ4n) is 2.20. The zero-order valence-electron chi connectivity index (χ0n) is 13.8. The van der Waals surface area contributed by atoms with Gasteiger partial charge in [0.15, 0.2) is 0 Å². The molecule has 0 atom stereocenters. The first-order valence-corrected chi connectivity index (χ1v) is 11.0. The predicted octanol–water partition coefficient (Wildman–Crippen LogP) is 4.83. The van der Waals surface area contributed by atoms with Crippen LogP contribution in [0.1, 0.15) is 51.0 Å². The van der Waals surface area contributed by atoms with Gasteiger partial charge >= 0.3 is 0 Å². The van der Waals surface area contributed by atoms with Crippen molar-refractivity contribution in [3.63, 3.8) is 0 Å². The summed E-state index contributed by atoms with van der Waals surface area (Å²) in [5.41, 5.74) is 1.71. The van der Waals surface area contributed by atoms with E-state index in [1.807, 2.05) is 36.9 Å². The molecule has 0 radical (unpaired) electrons. The summed E-state index contributed by atoms with van der Waals surface area (Å²) in [6, 6.07) is 7.45. The average molecular weight is 344 g/mol. The second-order valence-electron chi connectivity index (χ2n) is 5.67. The van der Waals surface area contributed by atoms with Crippen molar-refractivity contribution >= 4 is 27.5 Å². The Bertz CT molecular complexity index is 515. The molecule has 0 aromatic heterocycles. The van der Waals surface area contributed by atoms with E-state index in [0.29, 0.717) is 12.1 Å². The highest BCUT2D eigenvalue weighted by atomic mass is 32.2. The van der Waals surface area contributed by atoms with Gasteiger partial charge in [-0.3, -0.25) is 4.72 Å². The zero-order valence-corrected chi connectivity index (χ0v) is 15.4. The van der Waals surface area contributed by atoms with Crippen LogP contribution in [0.25, 0.3) is 0 Å². The number of hydrogen-bond acceptors (Lipinski definition) is 3. The summed E-state index contributed by atoms with van der Waals surface area (Å²) in [7, 11) is -3.22. The van der Waals surface area contributed by atoms with Crippen LogP contribution in [0, 0.1) is 6.92 Å². The van der Waals surface area contributed by atoms with Gasteiger partial charge in [0.25, 0.3) is 0 Å². The van der Waals surface area contributed by atoms with Crippen molar-refractivity contribution in [3.05, 3.63) is 29.8 Å². The van der Waals surface area contributed by atoms with E-state index in [4.69, 9.17) is 0 Å². The molecule has 0 bridgehead atoms. The number of unbranched alkanes of at least 4 members (excludes halogenated alkanes) is 4. The maximum Gasteiger partial charge on any atom is 0.232 e. The first-order valence-electron chi connectivity index (χ1n) is 8.18. The number of rotatable bonds is 12. The molecule has 1 aromatic carbocycles. The van der Waals surface area contributed by atoms with Crippen molar-refractivity contribution in [2.24, 2.45) is 0 Å². The Morgan fingerprint density at radius 1 is 1.05 bits per heavy atom. The van der Waals surface area contributed by atoms with Crippen LogP contribution < -0.4 is 4.72 Å². The van der Waals surface area contributed by atoms with Crippen molar-refractivity contribution < 1.29 is 8.42 Å². The van der Waals surface area contributed by atoms with Crippen molar-refractivity contribution in [2.75, 3.05) is 22.0 Å². The highest BCUT2D eigenvalue weighted by molar-refractivity contribution is 7.99. The number of hydrogen-bond donors (Lipinski definition) is 1. The molecule has 3 nitrogen and oxygen atoms in total. The monoisotopic (exact) mass is 343 g/mol. The molecular formula is C17H29NO2S2. The van der Waals surface area contributed by atoms with Gasteiger partial charge in [0, 0.05) is 5.69 Å². The second kappa shape index (κ2) is 10.9. The van der Waals surface area contributed by atoms with E-state index < -0.39 is 10.0 Å². The van der Waals surface area contributed by atoms with Crippen molar-refractivity contribution in [2.45, 2.75) is 52.4 Å². The standard InChI is InChI=1S/C17H29NO2S2/c1-3-4-5-6-7-12-21-13-9-14-22(19,20)18-17-11-8-10-16(2)15-17/h8,10-11,15,18H,3-7,9,12-14H2,1-2H3. The van der Waals surface area contributed by atoms with Crippen LogP contribution in [0.15, 0.2) is 24.3 Å². The van der Waals surface area contributed by atoms with Gasteiger partial charge in [0.05, 0.1) is 5.75 Å². The number of anilines is 1. The molecule has 0 fully saturated rings. The van der Waals surface area contributed by atoms with Gasteiger partial charge in [-0.2, -0.15) is 11.8 Å². The van der Waals surface area contributed by atoms with E-state index >= 15 is 0 Å². The van der Waals surface area contributed by atoms with Crippen molar-refractivity contribution in [1.82, 2.24) is 0 Å². The van der Waals surface area contributed by atoms with E-state index in [1.54, 1.807) is 6.07 Å². The largest absolute Gasteiger partial charge is 0.284 e. The van der Waals surface area contributed by atoms with Gasteiger partial charge in [-0.15, -0.1) is 0 Å². The third-order valence-electron chi connectivity index (χ3n) is 3.39. The van der Waals surface area contributed by atoms with Crippen LogP contribution in [0.4, 0.5) is 5.69 Å². The molecule has 0 aliphatic carbocycles. The molecule has 0 heterocycles. The van der Waals surface area contributed by atoms with E-state index in [0.717, 1.165) is 17.1 Å². The van der Waals surface area contributed by atoms with Crippen LogP contribution in [0.2, 0.25) is 0 Å². The molecular weight excluding hydrogens is 314 g/mol. The lowest BCUT2D eigenvalue weighted by atomic mass is 10.2. The normalized spacial score (nSPS) is 11.5. The van der Waals surface area contributed by atoms with Crippen LogP contribution in [-0.4, -0.2) is 25.7 Å². The number of nitrogens with one attached hydrogen (secondary N) is 1. The summed E-state index contributed by atoms with van der Waals surface area (Å²) >= 11 is 1.87. The Morgan fingerprint density at radius 2 is 1.77 bits per heavy atom. The summed E-state index contributed by atoms with van der Waals surface area (Å²) in [4.78, 5) is 0. The lowest BCUT2D eigenvalue weighted by molar-refractivity contribution is 0.600. The van der Waals surface area contributed by atoms with Crippen molar-refractivity contribution in [3.8, 4) is 0 Å². The van der Waals surface area contributed by atoms with Gasteiger partial charge in [-0.05, 0) is 49.0 Å². The molecule has 1 aromatic rings. The first kappa shape index (κ1) is 19.4. The minimum Gasteiger partial charge on any atom is -0.284 e. The Labute approximate surface area is 140 Å². The lowest BCUT2D eigenvalue weighted by Crippen LogP contribution is -2.17. The fraction of sp³-hybridized carbons (Fsp3) is 0.647. The van der Waals surface area contributed by atoms with Crippen LogP contribution >= 0.6 is 11.8 Å². The van der Waals surface area contributed by atoms with Crippen LogP contribution in [0.5, 0.6) is 0 Å². The number of benzene rings is 1. The molecule has 0 aliphatic rings. The predicted molar refractivity (Wildman–Crippen MR) is 99.3 cm³/mol. The van der Waals surface area contributed by atoms with E-state index in [1.165, 1.54) is 32.1 Å². The fourth-order valence-corrected chi connectivity index (χ4v) is 4.46. The Morgan fingerprint density at radius 3 is 2.50 bits per heavy atom. The summed E-state index contributed by atoms with van der Waals surface area (Å²) in [5.74, 6) is 2.27. The number of sulfonamides is 1. The molecule has 0 saturated heterocycles. The van der Waals surface area contributed by atoms with Gasteiger partial charge in [0.2, 0.25) is 10.0 Å². The molecule has 0 unspecified atom stereocenters. The Hall–Kier alpha value is -0.680. The average Bonchev–Trinajstić information content (AvgIpc) is 2.45. The molecule has 1 N–H and O–H groups in total. The zero-order chi connectivity index (χ0) is 16.3. The quantitative estimate of drug-likeness (QED) is 0.553. The summed E-state index contributed by atoms with van der Waals surface area (Å²) in [6.45, 7) is 4.18. The molecule has 0 amide bonds. The Kier molecular flexibility index (Phi) is 9.64. The minimum atomic E-state index is -3.22. The van der Waals surface area contributed by atoms with E-state index in [-0.39, 0.29) is 5.75 Å². The third-order valence-corrected chi connectivity index (χ3v) is 5.91. The highest BCUT2D eigenvalue weighted by Crippen LogP contribution is 2.13. The summed E-state index contributed by atoms with van der Waals surface area (Å²) < 4.78 is 26.6.